The Kier molecular flexibility index (Phi) is 59.7. The van der Waals surface area contributed by atoms with Crippen LogP contribution in [0.4, 0.5) is 0 Å². The van der Waals surface area contributed by atoms with E-state index in [-0.39, 0.29) is 18.9 Å². The summed E-state index contributed by atoms with van der Waals surface area (Å²) in [4.78, 5) is 13.4. The highest BCUT2D eigenvalue weighted by atomic mass is 16.7. The SMILES string of the molecule is CC/C=C\C/C=C\C/C=C\C/C=C\C/C=C\C/C=C\C/C=C\CCCCCCCCCCCCCCCCCC(=O)NC(COC1OC(CO)C(OC2OC(CO)C(O)C(O)C2O)C(O)C1O)C(O)/C=C/CC/C=C/CC/C=C/CCCCCCCCCCCCCCCCC. The topological polar surface area (TPSA) is 228 Å². The highest BCUT2D eigenvalue weighted by Crippen LogP contribution is 2.30. The summed E-state index contributed by atoms with van der Waals surface area (Å²) in [6.07, 6.45) is 78.4. The molecule has 0 radical (unpaired) electrons. The summed E-state index contributed by atoms with van der Waals surface area (Å²) in [5, 5.41) is 87.6. The van der Waals surface area contributed by atoms with E-state index in [1.165, 1.54) is 173 Å². The van der Waals surface area contributed by atoms with Crippen molar-refractivity contribution in [3.63, 3.8) is 0 Å². The lowest BCUT2D eigenvalue weighted by atomic mass is 9.97. The van der Waals surface area contributed by atoms with Gasteiger partial charge in [-0.1, -0.05) is 309 Å². The number of unbranched alkanes of at least 4 members (excludes halogenated alkanes) is 32. The molecule has 2 heterocycles. The largest absolute Gasteiger partial charge is 0.394 e. The summed E-state index contributed by atoms with van der Waals surface area (Å²) in [6.45, 7) is 2.68. The number of aliphatic hydroxyl groups is 8. The number of aliphatic hydroxyl groups excluding tert-OH is 8. The molecule has 14 nitrogen and oxygen atoms in total. The number of hydrogen-bond donors (Lipinski definition) is 9. The average Bonchev–Trinajstić information content (AvgIpc) is 0.857. The minimum atomic E-state index is -1.80. The standard InChI is InChI=1S/C82H141NO13/c1-3-5-7-9-11-13-15-17-19-21-23-25-27-29-30-31-32-33-34-35-36-37-38-39-40-42-44-46-48-50-52-54-56-58-60-62-64-66-74(87)83-70(69-93-81-79(92)77(90)80(73(68-85)95-81)96-82-78(91)76(89)75(88)72(67-84)94-82)71(86)65-63-61-59-57-55-53-51-49-47-45-43-41-28-26-24-22-20-18-16-14-12-10-8-6-4-2/h5,7,11,13,17,19,23,25,29-30,32-33,35-36,47,49,55,57,63,65,70-73,75-82,84-86,88-92H,3-4,6,8-10,12,14-16,18,20-22,24,26-28,31,34,37-46,48,50-54,56,58-62,64,66-69H2,1-2H3,(H,83,87)/b7-5-,13-11-,19-17-,25-23-,30-29-,33-32-,36-35-,49-47+,57-55+,65-63+. The van der Waals surface area contributed by atoms with Crippen molar-refractivity contribution in [2.75, 3.05) is 19.8 Å². The van der Waals surface area contributed by atoms with E-state index in [0.29, 0.717) is 12.8 Å². The normalized spacial score (nSPS) is 22.9. The number of amides is 1. The van der Waals surface area contributed by atoms with E-state index in [0.717, 1.165) is 89.9 Å². The van der Waals surface area contributed by atoms with Crippen LogP contribution in [0.15, 0.2) is 122 Å². The maximum atomic E-state index is 13.4. The fourth-order valence-corrected chi connectivity index (χ4v) is 12.0. The van der Waals surface area contributed by atoms with E-state index in [9.17, 15) is 45.6 Å². The van der Waals surface area contributed by atoms with Crippen molar-refractivity contribution < 1.29 is 64.6 Å². The fourth-order valence-electron chi connectivity index (χ4n) is 12.0. The molecule has 12 atom stereocenters. The van der Waals surface area contributed by atoms with Crippen LogP contribution in [-0.2, 0) is 23.7 Å². The van der Waals surface area contributed by atoms with Crippen LogP contribution in [0.25, 0.3) is 0 Å². The zero-order valence-corrected chi connectivity index (χ0v) is 60.3. The Morgan fingerprint density at radius 2 is 0.729 bits per heavy atom. The van der Waals surface area contributed by atoms with E-state index in [1.54, 1.807) is 6.08 Å². The lowest BCUT2D eigenvalue weighted by Crippen LogP contribution is -2.65. The van der Waals surface area contributed by atoms with Crippen molar-refractivity contribution >= 4 is 5.91 Å². The number of allylic oxidation sites excluding steroid dienone is 19. The molecule has 2 rings (SSSR count). The van der Waals surface area contributed by atoms with E-state index in [2.05, 4.69) is 129 Å². The molecule has 96 heavy (non-hydrogen) atoms. The van der Waals surface area contributed by atoms with Crippen LogP contribution in [0.1, 0.15) is 296 Å². The van der Waals surface area contributed by atoms with Crippen LogP contribution in [0.2, 0.25) is 0 Å². The van der Waals surface area contributed by atoms with Crippen LogP contribution in [0, 0.1) is 0 Å². The van der Waals surface area contributed by atoms with Gasteiger partial charge in [-0.25, -0.2) is 0 Å². The van der Waals surface area contributed by atoms with E-state index in [1.807, 2.05) is 6.08 Å². The third kappa shape index (κ3) is 47.4. The molecule has 0 aromatic rings. The Labute approximate surface area is 584 Å². The average molecular weight is 1350 g/mol. The van der Waals surface area contributed by atoms with Crippen molar-refractivity contribution in [1.29, 1.82) is 0 Å². The van der Waals surface area contributed by atoms with E-state index >= 15 is 0 Å². The third-order valence-corrected chi connectivity index (χ3v) is 18.1. The molecule has 2 fully saturated rings. The molecule has 2 aliphatic rings. The highest BCUT2D eigenvalue weighted by Gasteiger charge is 2.51. The first kappa shape index (κ1) is 88.5. The Morgan fingerprint density at radius 3 is 1.15 bits per heavy atom. The second kappa shape index (κ2) is 64.7. The van der Waals surface area contributed by atoms with Gasteiger partial charge in [-0.05, 0) is 103 Å². The molecule has 552 valence electrons. The van der Waals surface area contributed by atoms with Gasteiger partial charge >= 0.3 is 0 Å². The first-order valence-electron chi connectivity index (χ1n) is 38.8. The number of ether oxygens (including phenoxy) is 4. The predicted molar refractivity (Wildman–Crippen MR) is 396 cm³/mol. The van der Waals surface area contributed by atoms with Gasteiger partial charge in [0.15, 0.2) is 12.6 Å². The molecular formula is C82H141NO13. The van der Waals surface area contributed by atoms with Crippen molar-refractivity contribution in [3.05, 3.63) is 122 Å². The number of hydrogen-bond acceptors (Lipinski definition) is 13. The molecule has 2 aliphatic heterocycles. The van der Waals surface area contributed by atoms with E-state index in [4.69, 9.17) is 18.9 Å². The van der Waals surface area contributed by atoms with Crippen molar-refractivity contribution in [2.45, 2.75) is 370 Å². The lowest BCUT2D eigenvalue weighted by Gasteiger charge is -2.46. The molecule has 0 saturated carbocycles. The van der Waals surface area contributed by atoms with Crippen LogP contribution in [0.3, 0.4) is 0 Å². The van der Waals surface area contributed by atoms with Crippen molar-refractivity contribution in [1.82, 2.24) is 5.32 Å². The number of carbonyl (C=O) groups is 1. The van der Waals surface area contributed by atoms with Crippen LogP contribution in [0.5, 0.6) is 0 Å². The molecule has 0 spiro atoms. The molecule has 2 saturated heterocycles. The summed E-state index contributed by atoms with van der Waals surface area (Å²) in [7, 11) is 0. The van der Waals surface area contributed by atoms with Gasteiger partial charge in [0, 0.05) is 6.42 Å². The maximum absolute atomic E-state index is 13.4. The van der Waals surface area contributed by atoms with Gasteiger partial charge in [0.05, 0.1) is 32.0 Å². The summed E-state index contributed by atoms with van der Waals surface area (Å²) in [5.41, 5.74) is 0. The van der Waals surface area contributed by atoms with Gasteiger partial charge in [0.1, 0.15) is 48.8 Å². The Bertz CT molecular complexity index is 2080. The summed E-state index contributed by atoms with van der Waals surface area (Å²) < 4.78 is 22.9. The number of carbonyl (C=O) groups excluding carboxylic acids is 1. The summed E-state index contributed by atoms with van der Waals surface area (Å²) in [5.74, 6) is -0.255. The third-order valence-electron chi connectivity index (χ3n) is 18.1. The molecule has 0 aliphatic carbocycles. The van der Waals surface area contributed by atoms with Crippen LogP contribution in [-0.4, -0.2) is 140 Å². The van der Waals surface area contributed by atoms with Gasteiger partial charge in [0.25, 0.3) is 0 Å². The Morgan fingerprint density at radius 1 is 0.385 bits per heavy atom. The zero-order valence-electron chi connectivity index (χ0n) is 60.3. The predicted octanol–water partition coefficient (Wildman–Crippen LogP) is 17.2. The molecule has 12 unspecified atom stereocenters. The molecule has 14 heteroatoms. The zero-order chi connectivity index (χ0) is 69.4. The van der Waals surface area contributed by atoms with Gasteiger partial charge in [0.2, 0.25) is 5.91 Å². The Hall–Kier alpha value is -3.61. The minimum Gasteiger partial charge on any atom is -0.394 e. The van der Waals surface area contributed by atoms with Gasteiger partial charge < -0.3 is 65.1 Å². The second-order valence-electron chi connectivity index (χ2n) is 26.7. The second-order valence-corrected chi connectivity index (χ2v) is 26.7. The minimum absolute atomic E-state index is 0.255. The Balaban J connectivity index is 1.64. The van der Waals surface area contributed by atoms with Gasteiger partial charge in [-0.3, -0.25) is 4.79 Å². The molecule has 0 aromatic carbocycles. The number of nitrogens with one attached hydrogen (secondary N) is 1. The van der Waals surface area contributed by atoms with Crippen LogP contribution >= 0.6 is 0 Å². The molecule has 1 amide bonds. The van der Waals surface area contributed by atoms with Gasteiger partial charge in [-0.2, -0.15) is 0 Å². The quantitative estimate of drug-likeness (QED) is 0.0204. The molecule has 0 bridgehead atoms. The summed E-state index contributed by atoms with van der Waals surface area (Å²) in [6, 6.07) is -0.947. The monoisotopic (exact) mass is 1350 g/mol. The molecule has 0 aromatic heterocycles. The molecule has 9 N–H and O–H groups in total. The van der Waals surface area contributed by atoms with Gasteiger partial charge in [-0.15, -0.1) is 0 Å². The number of rotatable bonds is 63. The highest BCUT2D eigenvalue weighted by molar-refractivity contribution is 5.76. The van der Waals surface area contributed by atoms with Crippen LogP contribution < -0.4 is 5.32 Å². The fraction of sp³-hybridized carbons (Fsp3) is 0.744. The lowest BCUT2D eigenvalue weighted by molar-refractivity contribution is -0.359. The van der Waals surface area contributed by atoms with E-state index < -0.39 is 86.8 Å². The van der Waals surface area contributed by atoms with Crippen molar-refractivity contribution in [3.8, 4) is 0 Å². The first-order valence-corrected chi connectivity index (χ1v) is 38.8. The maximum Gasteiger partial charge on any atom is 0.220 e. The molecular weight excluding hydrogens is 1210 g/mol. The van der Waals surface area contributed by atoms with Crippen molar-refractivity contribution in [2.24, 2.45) is 0 Å². The smallest absolute Gasteiger partial charge is 0.220 e. The first-order chi connectivity index (χ1) is 47.1. The summed E-state index contributed by atoms with van der Waals surface area (Å²) >= 11 is 0.